The van der Waals surface area contributed by atoms with Crippen molar-refractivity contribution in [2.24, 2.45) is 5.41 Å². The summed E-state index contributed by atoms with van der Waals surface area (Å²) in [6.07, 6.45) is 1.53. The molecule has 1 unspecified atom stereocenters. The first-order chi connectivity index (χ1) is 12.6. The minimum Gasteiger partial charge on any atom is -0.395 e. The maximum absolute atomic E-state index is 9.76. The fourth-order valence-corrected chi connectivity index (χ4v) is 2.56. The molecule has 0 fully saturated rings. The van der Waals surface area contributed by atoms with Crippen molar-refractivity contribution in [3.63, 3.8) is 0 Å². The lowest BCUT2D eigenvalue weighted by Gasteiger charge is -2.36. The number of ether oxygens (including phenoxy) is 3. The summed E-state index contributed by atoms with van der Waals surface area (Å²) in [5.74, 6) is 0. The van der Waals surface area contributed by atoms with Gasteiger partial charge >= 0.3 is 0 Å². The summed E-state index contributed by atoms with van der Waals surface area (Å²) in [5, 5.41) is 29.3. The third kappa shape index (κ3) is 7.31. The van der Waals surface area contributed by atoms with E-state index in [4.69, 9.17) is 14.2 Å². The summed E-state index contributed by atoms with van der Waals surface area (Å²) in [4.78, 5) is 0. The van der Waals surface area contributed by atoms with Crippen molar-refractivity contribution in [1.82, 2.24) is 0 Å². The van der Waals surface area contributed by atoms with E-state index in [1.54, 1.807) is 0 Å². The zero-order chi connectivity index (χ0) is 19.3. The maximum atomic E-state index is 9.76. The Bertz CT molecular complexity index is 450. The average Bonchev–Trinajstić information content (AvgIpc) is 2.67. The highest BCUT2D eigenvalue weighted by Gasteiger charge is 2.39. The van der Waals surface area contributed by atoms with E-state index in [2.05, 4.69) is 6.92 Å². The predicted octanol–water partition coefficient (Wildman–Crippen LogP) is 1.85. The van der Waals surface area contributed by atoms with Crippen molar-refractivity contribution in [3.8, 4) is 0 Å². The molecule has 1 aromatic rings. The molecule has 3 N–H and O–H groups in total. The van der Waals surface area contributed by atoms with E-state index >= 15 is 0 Å². The first kappa shape index (κ1) is 23.0. The lowest BCUT2D eigenvalue weighted by Crippen LogP contribution is -2.41. The van der Waals surface area contributed by atoms with Gasteiger partial charge in [0.2, 0.25) is 0 Å². The zero-order valence-corrected chi connectivity index (χ0v) is 16.0. The molecule has 0 amide bonds. The molecule has 150 valence electrons. The van der Waals surface area contributed by atoms with Gasteiger partial charge < -0.3 is 29.5 Å². The second-order valence-corrected chi connectivity index (χ2v) is 6.58. The van der Waals surface area contributed by atoms with E-state index in [0.29, 0.717) is 19.8 Å². The van der Waals surface area contributed by atoms with E-state index in [1.807, 2.05) is 31.2 Å². The number of hydrogen-bond acceptors (Lipinski definition) is 6. The van der Waals surface area contributed by atoms with Gasteiger partial charge in [-0.05, 0) is 18.9 Å². The summed E-state index contributed by atoms with van der Waals surface area (Å²) < 4.78 is 16.8. The van der Waals surface area contributed by atoms with Gasteiger partial charge in [0.25, 0.3) is 0 Å². The predicted molar refractivity (Wildman–Crippen MR) is 100 cm³/mol. The highest BCUT2D eigenvalue weighted by molar-refractivity contribution is 5.25. The van der Waals surface area contributed by atoms with Gasteiger partial charge in [0.05, 0.1) is 57.8 Å². The number of aryl methyl sites for hydroxylation is 1. The van der Waals surface area contributed by atoms with Gasteiger partial charge in [-0.1, -0.05) is 43.2 Å². The number of aliphatic hydroxyl groups is 3. The number of benzene rings is 1. The van der Waals surface area contributed by atoms with Crippen molar-refractivity contribution in [3.05, 3.63) is 35.4 Å². The van der Waals surface area contributed by atoms with Crippen LogP contribution < -0.4 is 0 Å². The number of unbranched alkanes of at least 4 members (excludes halogenated alkanes) is 1. The molecule has 0 aliphatic heterocycles. The van der Waals surface area contributed by atoms with Crippen LogP contribution in [0.15, 0.2) is 24.3 Å². The molecule has 0 spiro atoms. The molecule has 0 radical (unpaired) electrons. The molecule has 26 heavy (non-hydrogen) atoms. The van der Waals surface area contributed by atoms with Crippen LogP contribution in [-0.2, 0) is 14.2 Å². The zero-order valence-electron chi connectivity index (χ0n) is 16.0. The Morgan fingerprint density at radius 1 is 0.846 bits per heavy atom. The molecule has 6 nitrogen and oxygen atoms in total. The van der Waals surface area contributed by atoms with Gasteiger partial charge in [-0.15, -0.1) is 0 Å². The van der Waals surface area contributed by atoms with Crippen LogP contribution in [0.5, 0.6) is 0 Å². The third-order valence-electron chi connectivity index (χ3n) is 4.41. The summed E-state index contributed by atoms with van der Waals surface area (Å²) in [5.41, 5.74) is 0.746. The van der Waals surface area contributed by atoms with Crippen LogP contribution in [0.4, 0.5) is 0 Å². The topological polar surface area (TPSA) is 88.4 Å². The largest absolute Gasteiger partial charge is 0.395 e. The summed E-state index contributed by atoms with van der Waals surface area (Å²) in [7, 11) is 0. The van der Waals surface area contributed by atoms with E-state index in [0.717, 1.165) is 30.6 Å². The van der Waals surface area contributed by atoms with Gasteiger partial charge in [0.1, 0.15) is 0 Å². The average molecular weight is 370 g/mol. The van der Waals surface area contributed by atoms with Crippen LogP contribution in [-0.4, -0.2) is 68.2 Å². The van der Waals surface area contributed by atoms with Gasteiger partial charge in [0, 0.05) is 6.61 Å². The van der Waals surface area contributed by atoms with Gasteiger partial charge in [0.15, 0.2) is 0 Å². The molecular weight excluding hydrogens is 336 g/mol. The lowest BCUT2D eigenvalue weighted by molar-refractivity contribution is -0.125. The fraction of sp³-hybridized carbons (Fsp3) is 0.700. The van der Waals surface area contributed by atoms with Gasteiger partial charge in [-0.3, -0.25) is 0 Å². The van der Waals surface area contributed by atoms with Crippen molar-refractivity contribution in [1.29, 1.82) is 0 Å². The Morgan fingerprint density at radius 3 is 1.92 bits per heavy atom. The fourth-order valence-electron chi connectivity index (χ4n) is 2.56. The molecule has 0 aliphatic carbocycles. The monoisotopic (exact) mass is 370 g/mol. The molecular formula is C20H34O6. The SMILES string of the molecule is CCCCOCCOCCOC(c1ccc(C)cc1)C(CO)(CO)CO. The minimum atomic E-state index is -1.15. The normalized spacial score (nSPS) is 13.1. The van der Waals surface area contributed by atoms with Crippen LogP contribution in [0, 0.1) is 12.3 Å². The Hall–Kier alpha value is -1.02. The minimum absolute atomic E-state index is 0.287. The van der Waals surface area contributed by atoms with Crippen LogP contribution >= 0.6 is 0 Å². The molecule has 0 heterocycles. The Morgan fingerprint density at radius 2 is 1.38 bits per heavy atom. The summed E-state index contributed by atoms with van der Waals surface area (Å²) in [6.45, 7) is 5.40. The van der Waals surface area contributed by atoms with E-state index in [-0.39, 0.29) is 26.4 Å². The Labute approximate surface area is 156 Å². The van der Waals surface area contributed by atoms with Crippen LogP contribution in [0.2, 0.25) is 0 Å². The van der Waals surface area contributed by atoms with Crippen LogP contribution in [0.3, 0.4) is 0 Å². The third-order valence-corrected chi connectivity index (χ3v) is 4.41. The van der Waals surface area contributed by atoms with Gasteiger partial charge in [-0.25, -0.2) is 0 Å². The second kappa shape index (κ2) is 13.2. The Balaban J connectivity index is 2.54. The van der Waals surface area contributed by atoms with Crippen molar-refractivity contribution in [2.75, 3.05) is 52.9 Å². The summed E-state index contributed by atoms with van der Waals surface area (Å²) >= 11 is 0. The molecule has 1 atom stereocenters. The molecule has 1 aromatic carbocycles. The van der Waals surface area contributed by atoms with Gasteiger partial charge in [-0.2, -0.15) is 0 Å². The molecule has 0 aliphatic rings. The Kier molecular flexibility index (Phi) is 11.7. The van der Waals surface area contributed by atoms with Crippen LogP contribution in [0.1, 0.15) is 37.0 Å². The number of hydrogen-bond donors (Lipinski definition) is 3. The number of rotatable bonds is 15. The quantitative estimate of drug-likeness (QED) is 0.408. The number of aliphatic hydroxyl groups excluding tert-OH is 3. The van der Waals surface area contributed by atoms with Crippen LogP contribution in [0.25, 0.3) is 0 Å². The summed E-state index contributed by atoms with van der Waals surface area (Å²) in [6, 6.07) is 7.65. The highest BCUT2D eigenvalue weighted by Crippen LogP contribution is 2.36. The standard InChI is InChI=1S/C20H34O6/c1-3-4-9-24-10-11-25-12-13-26-19(20(14-21,15-22)16-23)18-7-5-17(2)6-8-18/h5-8,19,21-23H,3-4,9-16H2,1-2H3. The smallest absolute Gasteiger partial charge is 0.0948 e. The van der Waals surface area contributed by atoms with Crippen molar-refractivity contribution < 1.29 is 29.5 Å². The molecule has 0 saturated heterocycles. The maximum Gasteiger partial charge on any atom is 0.0948 e. The molecule has 0 saturated carbocycles. The highest BCUT2D eigenvalue weighted by atomic mass is 16.5. The first-order valence-electron chi connectivity index (χ1n) is 9.29. The molecule has 0 bridgehead atoms. The first-order valence-corrected chi connectivity index (χ1v) is 9.29. The lowest BCUT2D eigenvalue weighted by atomic mass is 9.80. The molecule has 0 aromatic heterocycles. The molecule has 6 heteroatoms. The van der Waals surface area contributed by atoms with E-state index in [9.17, 15) is 15.3 Å². The second-order valence-electron chi connectivity index (χ2n) is 6.58. The van der Waals surface area contributed by atoms with Crippen molar-refractivity contribution in [2.45, 2.75) is 32.8 Å². The molecule has 1 rings (SSSR count). The van der Waals surface area contributed by atoms with Crippen molar-refractivity contribution >= 4 is 0 Å². The van der Waals surface area contributed by atoms with E-state index in [1.165, 1.54) is 0 Å². The van der Waals surface area contributed by atoms with E-state index < -0.39 is 11.5 Å².